The van der Waals surface area contributed by atoms with Crippen LogP contribution in [0.4, 0.5) is 0 Å². The van der Waals surface area contributed by atoms with E-state index in [4.69, 9.17) is 27.7 Å². The Balaban J connectivity index is 1.62. The third kappa shape index (κ3) is 3.41. The zero-order valence-corrected chi connectivity index (χ0v) is 19.6. The lowest BCUT2D eigenvalue weighted by atomic mass is 9.86. The quantitative estimate of drug-likeness (QED) is 0.212. The Labute approximate surface area is 256 Å². The minimum Gasteiger partial charge on any atom is -0.455 e. The second-order valence-electron chi connectivity index (χ2n) is 8.49. The fourth-order valence-corrected chi connectivity index (χ4v) is 4.78. The van der Waals surface area contributed by atoms with Crippen LogP contribution in [0.1, 0.15) is 28.8 Å². The Morgan fingerprint density at radius 3 is 1.51 bits per heavy atom. The van der Waals surface area contributed by atoms with Crippen molar-refractivity contribution >= 4 is 43.5 Å². The molecule has 0 aliphatic rings. The summed E-state index contributed by atoms with van der Waals surface area (Å²) in [6.07, 6.45) is 0. The van der Waals surface area contributed by atoms with E-state index in [0.29, 0.717) is 0 Å². The van der Waals surface area contributed by atoms with Gasteiger partial charge in [0.05, 0.1) is 28.8 Å². The second kappa shape index (κ2) is 8.72. The summed E-state index contributed by atoms with van der Waals surface area (Å²) in [5.74, 6) is 0. The number of benzene rings is 7. The van der Waals surface area contributed by atoms with E-state index in [1.54, 1.807) is 0 Å². The van der Waals surface area contributed by atoms with Gasteiger partial charge in [0.1, 0.15) is 11.2 Å². The molecule has 8 rings (SSSR count). The van der Waals surface area contributed by atoms with Crippen LogP contribution < -0.4 is 0 Å². The van der Waals surface area contributed by atoms with Crippen LogP contribution in [0.15, 0.2) is 150 Å². The van der Waals surface area contributed by atoms with Crippen molar-refractivity contribution in [1.29, 1.82) is 0 Å². The topological polar surface area (TPSA) is 13.1 Å². The SMILES string of the molecule is [2H]c1c([2H])c([2H])c(-c2c3c([2H])c([2H])c([2H])c([2H])c3c(-c3c([2H])c([2H])c(-c4cccc5c4oc4c([2H])c([2H])c([2H])c([2H])c45)c([2H])c3[2H])c3c([2H])c([2H])c([2H])c([2H])c23)c([2H])c1[2H]. The zero-order valence-electron chi connectivity index (χ0n) is 40.6. The van der Waals surface area contributed by atoms with Gasteiger partial charge in [-0.1, -0.05) is 139 Å². The van der Waals surface area contributed by atoms with Gasteiger partial charge >= 0.3 is 0 Å². The monoisotopic (exact) mass is 517 g/mol. The molecule has 0 spiro atoms. The molecule has 0 saturated carbocycles. The summed E-state index contributed by atoms with van der Waals surface area (Å²) < 4.78 is 190. The van der Waals surface area contributed by atoms with Crippen LogP contribution in [-0.2, 0) is 0 Å². The van der Waals surface area contributed by atoms with E-state index in [2.05, 4.69) is 0 Å². The Morgan fingerprint density at radius 1 is 0.410 bits per heavy atom. The maximum Gasteiger partial charge on any atom is 0.143 e. The van der Waals surface area contributed by atoms with Crippen LogP contribution in [0.25, 0.3) is 76.9 Å². The molecule has 1 nitrogen and oxygen atoms in total. The third-order valence-electron chi connectivity index (χ3n) is 6.41. The van der Waals surface area contributed by atoms with Gasteiger partial charge in [-0.3, -0.25) is 0 Å². The molecule has 1 heterocycles. The van der Waals surface area contributed by atoms with Gasteiger partial charge in [0.2, 0.25) is 0 Å². The maximum absolute atomic E-state index is 9.41. The third-order valence-corrected chi connectivity index (χ3v) is 6.41. The molecule has 0 saturated heterocycles. The standard InChI is InChI=1S/C38H24O/c1-2-11-26(12-3-1)36-30-14-4-6-16-32(30)37(33-17-7-5-15-31(33)36)27-23-21-25(22-24-27)28-18-10-19-34-29-13-8-9-20-35(29)39-38(28)34/h1-24H/i1D,2D,3D,4D,5D,6D,7D,8D,9D,11D,12D,13D,14D,15D,16D,17D,20D,21D,22D,23D,24D. The van der Waals surface area contributed by atoms with Gasteiger partial charge < -0.3 is 4.42 Å². The van der Waals surface area contributed by atoms with Crippen LogP contribution in [0.3, 0.4) is 0 Å². The molecule has 1 heteroatoms. The largest absolute Gasteiger partial charge is 0.455 e. The predicted molar refractivity (Wildman–Crippen MR) is 165 cm³/mol. The minimum atomic E-state index is -0.876. The Morgan fingerprint density at radius 2 is 0.897 bits per heavy atom. The van der Waals surface area contributed by atoms with Crippen molar-refractivity contribution in [2.24, 2.45) is 0 Å². The lowest BCUT2D eigenvalue weighted by molar-refractivity contribution is 0.670. The first-order valence-corrected chi connectivity index (χ1v) is 11.7. The van der Waals surface area contributed by atoms with Gasteiger partial charge in [0, 0.05) is 16.3 Å². The summed E-state index contributed by atoms with van der Waals surface area (Å²) in [4.78, 5) is 0. The molecule has 0 amide bonds. The van der Waals surface area contributed by atoms with E-state index in [-0.39, 0.29) is 33.1 Å². The van der Waals surface area contributed by atoms with Gasteiger partial charge in [0.15, 0.2) is 0 Å². The first kappa shape index (κ1) is 9.55. The van der Waals surface area contributed by atoms with E-state index in [1.807, 2.05) is 0 Å². The Bertz CT molecular complexity index is 3190. The maximum atomic E-state index is 9.41. The van der Waals surface area contributed by atoms with Crippen molar-refractivity contribution in [3.8, 4) is 33.4 Å². The van der Waals surface area contributed by atoms with E-state index in [9.17, 15) is 5.48 Å². The van der Waals surface area contributed by atoms with Gasteiger partial charge in [-0.2, -0.15) is 0 Å². The first-order valence-electron chi connectivity index (χ1n) is 22.2. The van der Waals surface area contributed by atoms with Crippen LogP contribution in [0.5, 0.6) is 0 Å². The highest BCUT2D eigenvalue weighted by Gasteiger charge is 2.17. The van der Waals surface area contributed by atoms with Crippen molar-refractivity contribution in [2.75, 3.05) is 0 Å². The van der Waals surface area contributed by atoms with E-state index >= 15 is 0 Å². The predicted octanol–water partition coefficient (Wildman–Crippen LogP) is 10.9. The number of rotatable bonds is 3. The molecule has 0 bridgehead atoms. The van der Waals surface area contributed by atoms with Crippen molar-refractivity contribution in [3.63, 3.8) is 0 Å². The summed E-state index contributed by atoms with van der Waals surface area (Å²) in [7, 11) is 0. The normalized spacial score (nSPS) is 19.1. The molecule has 0 aliphatic carbocycles. The Kier molecular flexibility index (Phi) is 2.14. The molecule has 0 N–H and O–H groups in total. The van der Waals surface area contributed by atoms with E-state index in [0.717, 1.165) is 0 Å². The van der Waals surface area contributed by atoms with Crippen molar-refractivity contribution in [1.82, 2.24) is 0 Å². The zero-order chi connectivity index (χ0) is 44.0. The van der Waals surface area contributed by atoms with Crippen LogP contribution in [0, 0.1) is 0 Å². The van der Waals surface area contributed by atoms with Crippen molar-refractivity contribution in [3.05, 3.63) is 145 Å². The van der Waals surface area contributed by atoms with E-state index in [1.165, 1.54) is 18.2 Å². The highest BCUT2D eigenvalue weighted by molar-refractivity contribution is 6.21. The Hall–Kier alpha value is -5.14. The molecule has 182 valence electrons. The fraction of sp³-hybridized carbons (Fsp3) is 0. The second-order valence-corrected chi connectivity index (χ2v) is 8.49. The number of hydrogen-bond donors (Lipinski definition) is 0. The molecule has 1 aromatic heterocycles. The van der Waals surface area contributed by atoms with Crippen molar-refractivity contribution < 1.29 is 33.2 Å². The van der Waals surface area contributed by atoms with Crippen LogP contribution in [-0.4, -0.2) is 0 Å². The summed E-state index contributed by atoms with van der Waals surface area (Å²) in [5, 5.41) is -2.17. The number of para-hydroxylation sites is 2. The molecule has 39 heavy (non-hydrogen) atoms. The highest BCUT2D eigenvalue weighted by Crippen LogP contribution is 2.44. The summed E-state index contributed by atoms with van der Waals surface area (Å²) in [5.41, 5.74) is -3.23. The molecular formula is C38H24O. The number of hydrogen-bond acceptors (Lipinski definition) is 1. The summed E-state index contributed by atoms with van der Waals surface area (Å²) in [6.45, 7) is 0. The minimum absolute atomic E-state index is 0.00476. The fourth-order valence-electron chi connectivity index (χ4n) is 4.78. The molecule has 0 atom stereocenters. The first-order chi connectivity index (χ1) is 28.1. The molecule has 8 aromatic rings. The smallest absolute Gasteiger partial charge is 0.143 e. The van der Waals surface area contributed by atoms with Gasteiger partial charge in [-0.05, 0) is 55.4 Å². The van der Waals surface area contributed by atoms with Crippen LogP contribution >= 0.6 is 0 Å². The average Bonchev–Trinajstić information content (AvgIpc) is 3.63. The number of fused-ring (bicyclic) bond motifs is 5. The summed E-state index contributed by atoms with van der Waals surface area (Å²) in [6, 6.07) is -12.1. The molecule has 0 aliphatic heterocycles. The molecule has 0 unspecified atom stereocenters. The molecular weight excluding hydrogens is 472 g/mol. The van der Waals surface area contributed by atoms with Gasteiger partial charge in [0.25, 0.3) is 0 Å². The average molecular weight is 518 g/mol. The molecule has 7 aromatic carbocycles. The van der Waals surface area contributed by atoms with Crippen molar-refractivity contribution in [2.45, 2.75) is 0 Å². The van der Waals surface area contributed by atoms with Crippen LogP contribution in [0.2, 0.25) is 0 Å². The van der Waals surface area contributed by atoms with E-state index < -0.39 is 171 Å². The lowest BCUT2D eigenvalue weighted by Gasteiger charge is -2.18. The van der Waals surface area contributed by atoms with Gasteiger partial charge in [-0.15, -0.1) is 0 Å². The molecule has 0 radical (unpaired) electrons. The lowest BCUT2D eigenvalue weighted by Crippen LogP contribution is -1.90. The summed E-state index contributed by atoms with van der Waals surface area (Å²) >= 11 is 0. The molecule has 0 fully saturated rings. The highest BCUT2D eigenvalue weighted by atomic mass is 16.3. The number of furan rings is 1. The van der Waals surface area contributed by atoms with Gasteiger partial charge in [-0.25, -0.2) is 0 Å².